The Balaban J connectivity index is 1.92. The number of aromatic nitrogens is 1. The minimum Gasteiger partial charge on any atom is -0.462 e. The van der Waals surface area contributed by atoms with Gasteiger partial charge >= 0.3 is 5.97 Å². The van der Waals surface area contributed by atoms with Crippen molar-refractivity contribution in [2.75, 3.05) is 13.2 Å². The van der Waals surface area contributed by atoms with Crippen LogP contribution in [0, 0.1) is 11.3 Å². The van der Waals surface area contributed by atoms with E-state index in [1.54, 1.807) is 18.0 Å². The summed E-state index contributed by atoms with van der Waals surface area (Å²) < 4.78 is 5.30. The normalized spacial score (nSPS) is 15.5. The molecule has 3 rings (SSSR count). The quantitative estimate of drug-likeness (QED) is 0.730. The summed E-state index contributed by atoms with van der Waals surface area (Å²) in [5.74, 6) is -0.0652. The SMILES string of the molecule is CCOC(=O)C1=CN(C(=O)CC(C)CC(C)(C)C)CCc2c1[nH]c1ccccc21. The summed E-state index contributed by atoms with van der Waals surface area (Å²) in [6.45, 7) is 11.3. The van der Waals surface area contributed by atoms with E-state index in [-0.39, 0.29) is 17.2 Å². The lowest BCUT2D eigenvalue weighted by Gasteiger charge is -2.25. The van der Waals surface area contributed by atoms with Gasteiger partial charge in [0.1, 0.15) is 0 Å². The molecule has 0 saturated heterocycles. The van der Waals surface area contributed by atoms with Gasteiger partial charge in [-0.3, -0.25) is 4.79 Å². The molecular weight excluding hydrogens is 364 g/mol. The smallest absolute Gasteiger partial charge is 0.341 e. The van der Waals surface area contributed by atoms with Gasteiger partial charge in [0.25, 0.3) is 0 Å². The molecule has 1 aromatic heterocycles. The van der Waals surface area contributed by atoms with Crippen LogP contribution in [-0.2, 0) is 20.7 Å². The Labute approximate surface area is 173 Å². The zero-order valence-electron chi connectivity index (χ0n) is 18.2. The second-order valence-corrected chi connectivity index (χ2v) is 9.20. The van der Waals surface area contributed by atoms with E-state index < -0.39 is 5.97 Å². The van der Waals surface area contributed by atoms with Crippen molar-refractivity contribution in [1.82, 2.24) is 9.88 Å². The fourth-order valence-electron chi connectivity index (χ4n) is 4.30. The van der Waals surface area contributed by atoms with Crippen molar-refractivity contribution in [3.63, 3.8) is 0 Å². The number of para-hydroxylation sites is 1. The maximum atomic E-state index is 13.0. The number of H-pyrrole nitrogens is 1. The Bertz CT molecular complexity index is 933. The van der Waals surface area contributed by atoms with Gasteiger partial charge in [0, 0.05) is 30.1 Å². The van der Waals surface area contributed by atoms with E-state index in [2.05, 4.69) is 38.7 Å². The molecule has 29 heavy (non-hydrogen) atoms. The fourth-order valence-corrected chi connectivity index (χ4v) is 4.30. The van der Waals surface area contributed by atoms with Crippen molar-refractivity contribution in [3.05, 3.63) is 41.7 Å². The van der Waals surface area contributed by atoms with Crippen molar-refractivity contribution in [2.45, 2.75) is 53.9 Å². The number of hydrogen-bond donors (Lipinski definition) is 1. The van der Waals surface area contributed by atoms with E-state index in [1.165, 1.54) is 0 Å². The summed E-state index contributed by atoms with van der Waals surface area (Å²) >= 11 is 0. The molecule has 1 aromatic carbocycles. The fraction of sp³-hybridized carbons (Fsp3) is 0.500. The van der Waals surface area contributed by atoms with Gasteiger partial charge in [-0.25, -0.2) is 4.79 Å². The van der Waals surface area contributed by atoms with Crippen LogP contribution in [0.5, 0.6) is 0 Å². The molecule has 5 nitrogen and oxygen atoms in total. The Kier molecular flexibility index (Phi) is 6.15. The van der Waals surface area contributed by atoms with Gasteiger partial charge in [-0.2, -0.15) is 0 Å². The molecule has 0 fully saturated rings. The molecule has 0 radical (unpaired) electrons. The van der Waals surface area contributed by atoms with Crippen LogP contribution in [-0.4, -0.2) is 34.9 Å². The molecule has 1 unspecified atom stereocenters. The molecule has 2 heterocycles. The molecule has 1 aliphatic heterocycles. The van der Waals surface area contributed by atoms with Crippen LogP contribution in [0.4, 0.5) is 0 Å². The first kappa shape index (κ1) is 21.2. The first-order valence-corrected chi connectivity index (χ1v) is 10.5. The van der Waals surface area contributed by atoms with Crippen molar-refractivity contribution < 1.29 is 14.3 Å². The van der Waals surface area contributed by atoms with E-state index in [0.717, 1.165) is 28.6 Å². The number of carbonyl (C=O) groups excluding carboxylic acids is 2. The zero-order chi connectivity index (χ0) is 21.2. The van der Waals surface area contributed by atoms with Crippen LogP contribution in [0.3, 0.4) is 0 Å². The number of benzene rings is 1. The summed E-state index contributed by atoms with van der Waals surface area (Å²) in [5, 5.41) is 1.09. The molecule has 0 bridgehead atoms. The van der Waals surface area contributed by atoms with Gasteiger partial charge in [-0.1, -0.05) is 45.9 Å². The summed E-state index contributed by atoms with van der Waals surface area (Å²) in [7, 11) is 0. The van der Waals surface area contributed by atoms with E-state index >= 15 is 0 Å². The highest BCUT2D eigenvalue weighted by Crippen LogP contribution is 2.32. The lowest BCUT2D eigenvalue weighted by Crippen LogP contribution is -2.30. The maximum Gasteiger partial charge on any atom is 0.341 e. The minimum absolute atomic E-state index is 0.0537. The number of fused-ring (bicyclic) bond motifs is 3. The van der Waals surface area contributed by atoms with Gasteiger partial charge < -0.3 is 14.6 Å². The molecule has 1 N–H and O–H groups in total. The van der Waals surface area contributed by atoms with E-state index in [4.69, 9.17) is 4.74 Å². The van der Waals surface area contributed by atoms with Gasteiger partial charge in [0.15, 0.2) is 0 Å². The second-order valence-electron chi connectivity index (χ2n) is 9.20. The van der Waals surface area contributed by atoms with Gasteiger partial charge in [0.2, 0.25) is 5.91 Å². The Hall–Kier alpha value is -2.56. The topological polar surface area (TPSA) is 62.4 Å². The summed E-state index contributed by atoms with van der Waals surface area (Å²) in [4.78, 5) is 30.8. The van der Waals surface area contributed by atoms with Crippen LogP contribution in [0.2, 0.25) is 0 Å². The highest BCUT2D eigenvalue weighted by Gasteiger charge is 2.28. The molecule has 1 amide bonds. The van der Waals surface area contributed by atoms with Crippen LogP contribution in [0.1, 0.15) is 58.7 Å². The standard InChI is InChI=1S/C24H32N2O3/c1-6-29-23(28)19-15-26(21(27)13-16(2)14-24(3,4)5)12-11-18-17-9-7-8-10-20(17)25-22(18)19/h7-10,15-16,25H,6,11-14H2,1-5H3. The molecule has 1 aliphatic rings. The third kappa shape index (κ3) is 4.89. The molecule has 5 heteroatoms. The number of esters is 1. The Morgan fingerprint density at radius 3 is 2.66 bits per heavy atom. The number of amides is 1. The molecule has 156 valence electrons. The first-order valence-electron chi connectivity index (χ1n) is 10.5. The van der Waals surface area contributed by atoms with Crippen LogP contribution < -0.4 is 0 Å². The first-order chi connectivity index (χ1) is 13.7. The number of nitrogens with one attached hydrogen (secondary N) is 1. The van der Waals surface area contributed by atoms with Crippen LogP contribution in [0.15, 0.2) is 30.5 Å². The largest absolute Gasteiger partial charge is 0.462 e. The van der Waals surface area contributed by atoms with Crippen molar-refractivity contribution in [2.24, 2.45) is 11.3 Å². The predicted molar refractivity (Wildman–Crippen MR) is 116 cm³/mol. The highest BCUT2D eigenvalue weighted by atomic mass is 16.5. The molecular formula is C24H32N2O3. The van der Waals surface area contributed by atoms with Crippen molar-refractivity contribution in [1.29, 1.82) is 0 Å². The van der Waals surface area contributed by atoms with Gasteiger partial charge in [-0.05, 0) is 42.7 Å². The molecule has 0 spiro atoms. The number of nitrogens with zero attached hydrogens (tertiary/aromatic N) is 1. The maximum absolute atomic E-state index is 13.0. The minimum atomic E-state index is -0.400. The number of aromatic amines is 1. The second kappa shape index (κ2) is 8.44. The third-order valence-corrected chi connectivity index (χ3v) is 5.27. The number of ether oxygens (including phenoxy) is 1. The molecule has 2 aromatic rings. The molecule has 0 saturated carbocycles. The van der Waals surface area contributed by atoms with Gasteiger partial charge in [0.05, 0.1) is 17.9 Å². The van der Waals surface area contributed by atoms with Gasteiger partial charge in [-0.15, -0.1) is 0 Å². The lowest BCUT2D eigenvalue weighted by molar-refractivity contribution is -0.136. The molecule has 1 atom stereocenters. The van der Waals surface area contributed by atoms with E-state index in [9.17, 15) is 9.59 Å². The monoisotopic (exact) mass is 396 g/mol. The Morgan fingerprint density at radius 1 is 1.24 bits per heavy atom. The van der Waals surface area contributed by atoms with E-state index in [1.807, 2.05) is 18.2 Å². The summed E-state index contributed by atoms with van der Waals surface area (Å²) in [6.07, 6.45) is 3.83. The molecule has 0 aliphatic carbocycles. The summed E-state index contributed by atoms with van der Waals surface area (Å²) in [6, 6.07) is 8.02. The van der Waals surface area contributed by atoms with Crippen molar-refractivity contribution in [3.8, 4) is 0 Å². The number of hydrogen-bond acceptors (Lipinski definition) is 3. The highest BCUT2D eigenvalue weighted by molar-refractivity contribution is 6.18. The van der Waals surface area contributed by atoms with Crippen LogP contribution >= 0.6 is 0 Å². The average molecular weight is 397 g/mol. The van der Waals surface area contributed by atoms with Crippen LogP contribution in [0.25, 0.3) is 16.5 Å². The number of rotatable bonds is 5. The predicted octanol–water partition coefficient (Wildman–Crippen LogP) is 4.92. The zero-order valence-corrected chi connectivity index (χ0v) is 18.2. The third-order valence-electron chi connectivity index (χ3n) is 5.27. The number of carbonyl (C=O) groups is 2. The summed E-state index contributed by atoms with van der Waals surface area (Å²) in [5.41, 5.74) is 3.43. The Morgan fingerprint density at radius 2 is 1.97 bits per heavy atom. The van der Waals surface area contributed by atoms with E-state index in [0.29, 0.717) is 31.6 Å². The van der Waals surface area contributed by atoms with Crippen molar-refractivity contribution >= 4 is 28.4 Å². The average Bonchev–Trinajstić information content (AvgIpc) is 2.87. The lowest BCUT2D eigenvalue weighted by atomic mass is 9.84.